The summed E-state index contributed by atoms with van der Waals surface area (Å²) in [6, 6.07) is 0. The van der Waals surface area contributed by atoms with E-state index in [1.807, 2.05) is 0 Å². The predicted molar refractivity (Wildman–Crippen MR) is 23.5 cm³/mol. The van der Waals surface area contributed by atoms with Crippen molar-refractivity contribution in [3.63, 3.8) is 0 Å². The maximum Gasteiger partial charge on any atom is 0.230 e. The number of carbonyl (C=O) groups excluding carboxylic acids is 1. The van der Waals surface area contributed by atoms with Gasteiger partial charge >= 0.3 is 0 Å². The van der Waals surface area contributed by atoms with Gasteiger partial charge in [-0.2, -0.15) is 0 Å². The predicted octanol–water partition coefficient (Wildman–Crippen LogP) is -0.0943. The van der Waals surface area contributed by atoms with E-state index >= 15 is 0 Å². The van der Waals surface area contributed by atoms with Crippen LogP contribution in [0, 0.1) is 0 Å². The molecule has 1 rings (SSSR count). The van der Waals surface area contributed by atoms with E-state index in [1.165, 1.54) is 6.08 Å². The fraction of sp³-hybridized carbons (Fsp3) is 0.250. The molecular weight excluding hydrogens is 94.0 g/mol. The summed E-state index contributed by atoms with van der Waals surface area (Å²) < 4.78 is 0. The first kappa shape index (κ1) is 4.18. The molecule has 0 atom stereocenters. The Labute approximate surface area is 40.6 Å². The molecule has 0 unspecified atom stereocenters. The van der Waals surface area contributed by atoms with Crippen molar-refractivity contribution < 1.29 is 9.90 Å². The first-order chi connectivity index (χ1) is 3.29. The molecular formula is C4H5NO2. The Bertz CT molecular complexity index is 128. The number of hydrogen-bond acceptors (Lipinski definition) is 2. The maximum atomic E-state index is 10.1. The minimum atomic E-state index is -0.141. The van der Waals surface area contributed by atoms with Crippen molar-refractivity contribution >= 4 is 5.91 Å². The lowest BCUT2D eigenvalue weighted by molar-refractivity contribution is -0.119. The molecule has 3 nitrogen and oxygen atoms in total. The molecule has 0 aliphatic carbocycles. The summed E-state index contributed by atoms with van der Waals surface area (Å²) in [6.45, 7) is 0. The standard InChI is InChI=1S/C4H5NO2/c6-3-1-2-4(7)5-3/h1,6H,2H2,(H,5,7). The fourth-order valence-corrected chi connectivity index (χ4v) is 0.434. The van der Waals surface area contributed by atoms with Gasteiger partial charge < -0.3 is 5.11 Å². The maximum absolute atomic E-state index is 10.1. The highest BCUT2D eigenvalue weighted by Crippen LogP contribution is 1.96. The van der Waals surface area contributed by atoms with E-state index in [2.05, 4.69) is 5.32 Å². The van der Waals surface area contributed by atoms with Crippen molar-refractivity contribution in [2.24, 2.45) is 0 Å². The third-order valence-electron chi connectivity index (χ3n) is 0.748. The van der Waals surface area contributed by atoms with Crippen molar-refractivity contribution in [2.75, 3.05) is 0 Å². The molecule has 38 valence electrons. The second kappa shape index (κ2) is 1.26. The molecule has 0 saturated heterocycles. The lowest BCUT2D eigenvalue weighted by Crippen LogP contribution is -2.14. The van der Waals surface area contributed by atoms with Crippen molar-refractivity contribution in [2.45, 2.75) is 6.42 Å². The molecule has 1 aliphatic rings. The van der Waals surface area contributed by atoms with Crippen molar-refractivity contribution in [3.8, 4) is 0 Å². The first-order valence-electron chi connectivity index (χ1n) is 1.98. The second-order valence-corrected chi connectivity index (χ2v) is 1.34. The molecule has 0 aromatic rings. The Morgan fingerprint density at radius 3 is 2.71 bits per heavy atom. The number of rotatable bonds is 0. The van der Waals surface area contributed by atoms with Crippen LogP contribution in [0.2, 0.25) is 0 Å². The molecule has 0 spiro atoms. The van der Waals surface area contributed by atoms with Gasteiger partial charge in [-0.15, -0.1) is 0 Å². The van der Waals surface area contributed by atoms with Crippen LogP contribution in [0.25, 0.3) is 0 Å². The Balaban J connectivity index is 2.58. The van der Waals surface area contributed by atoms with Gasteiger partial charge in [-0.3, -0.25) is 10.1 Å². The van der Waals surface area contributed by atoms with Gasteiger partial charge in [0.2, 0.25) is 5.91 Å². The summed E-state index contributed by atoms with van der Waals surface area (Å²) >= 11 is 0. The van der Waals surface area contributed by atoms with E-state index < -0.39 is 0 Å². The van der Waals surface area contributed by atoms with Crippen LogP contribution in [-0.2, 0) is 4.79 Å². The van der Waals surface area contributed by atoms with E-state index in [9.17, 15) is 4.79 Å². The normalized spacial score (nSPS) is 18.9. The molecule has 7 heavy (non-hydrogen) atoms. The van der Waals surface area contributed by atoms with Gasteiger partial charge in [0, 0.05) is 0 Å². The SMILES string of the molecule is O=C1CC=C(O)N1. The van der Waals surface area contributed by atoms with E-state index in [4.69, 9.17) is 5.11 Å². The number of aliphatic hydroxyl groups is 1. The fourth-order valence-electron chi connectivity index (χ4n) is 0.434. The zero-order valence-corrected chi connectivity index (χ0v) is 3.64. The van der Waals surface area contributed by atoms with Crippen LogP contribution < -0.4 is 5.32 Å². The molecule has 0 bridgehead atoms. The lowest BCUT2D eigenvalue weighted by atomic mass is 10.5. The van der Waals surface area contributed by atoms with Crippen LogP contribution in [0.5, 0.6) is 0 Å². The highest BCUT2D eigenvalue weighted by atomic mass is 16.3. The third kappa shape index (κ3) is 0.707. The van der Waals surface area contributed by atoms with Gasteiger partial charge in [-0.25, -0.2) is 0 Å². The van der Waals surface area contributed by atoms with E-state index in [1.54, 1.807) is 0 Å². The Kier molecular flexibility index (Phi) is 0.749. The number of hydrogen-bond donors (Lipinski definition) is 2. The van der Waals surface area contributed by atoms with Gasteiger partial charge in [0.1, 0.15) is 0 Å². The second-order valence-electron chi connectivity index (χ2n) is 1.34. The average Bonchev–Trinajstić information content (AvgIpc) is 1.87. The van der Waals surface area contributed by atoms with Gasteiger partial charge in [0.15, 0.2) is 5.88 Å². The molecule has 0 aromatic heterocycles. The zero-order valence-electron chi connectivity index (χ0n) is 3.64. The summed E-state index contributed by atoms with van der Waals surface area (Å²) in [5, 5.41) is 10.6. The average molecular weight is 99.1 g/mol. The van der Waals surface area contributed by atoms with Gasteiger partial charge in [0.25, 0.3) is 0 Å². The molecule has 1 heterocycles. The quantitative estimate of drug-likeness (QED) is 0.445. The molecule has 0 fully saturated rings. The smallest absolute Gasteiger partial charge is 0.230 e. The third-order valence-corrected chi connectivity index (χ3v) is 0.748. The Hall–Kier alpha value is -0.990. The van der Waals surface area contributed by atoms with Gasteiger partial charge in [0.05, 0.1) is 6.42 Å². The summed E-state index contributed by atoms with van der Waals surface area (Å²) in [5.74, 6) is -0.164. The number of carbonyl (C=O) groups is 1. The van der Waals surface area contributed by atoms with Crippen LogP contribution in [0.1, 0.15) is 6.42 Å². The Morgan fingerprint density at radius 1 is 1.86 bits per heavy atom. The van der Waals surface area contributed by atoms with Crippen LogP contribution in [0.15, 0.2) is 12.0 Å². The van der Waals surface area contributed by atoms with Gasteiger partial charge in [-0.05, 0) is 6.08 Å². The largest absolute Gasteiger partial charge is 0.495 e. The van der Waals surface area contributed by atoms with E-state index in [0.717, 1.165) is 0 Å². The Morgan fingerprint density at radius 2 is 2.57 bits per heavy atom. The first-order valence-corrected chi connectivity index (χ1v) is 1.98. The van der Waals surface area contributed by atoms with Crippen LogP contribution >= 0.6 is 0 Å². The van der Waals surface area contributed by atoms with E-state index in [-0.39, 0.29) is 11.8 Å². The molecule has 0 aromatic carbocycles. The zero-order chi connectivity index (χ0) is 5.28. The number of amides is 1. The monoisotopic (exact) mass is 99.0 g/mol. The summed E-state index contributed by atoms with van der Waals surface area (Å²) in [4.78, 5) is 10.1. The van der Waals surface area contributed by atoms with Crippen molar-refractivity contribution in [1.82, 2.24) is 5.32 Å². The molecule has 1 aliphatic heterocycles. The highest BCUT2D eigenvalue weighted by Gasteiger charge is 2.07. The minimum absolute atomic E-state index is 0.0231. The van der Waals surface area contributed by atoms with E-state index in [0.29, 0.717) is 6.42 Å². The van der Waals surface area contributed by atoms with Crippen molar-refractivity contribution in [3.05, 3.63) is 12.0 Å². The minimum Gasteiger partial charge on any atom is -0.495 e. The molecule has 0 saturated carbocycles. The summed E-state index contributed by atoms with van der Waals surface area (Å²) in [6.07, 6.45) is 1.74. The molecule has 2 N–H and O–H groups in total. The van der Waals surface area contributed by atoms with Gasteiger partial charge in [-0.1, -0.05) is 0 Å². The van der Waals surface area contributed by atoms with Crippen LogP contribution in [0.4, 0.5) is 0 Å². The topological polar surface area (TPSA) is 49.3 Å². The van der Waals surface area contributed by atoms with Crippen LogP contribution in [0.3, 0.4) is 0 Å². The van der Waals surface area contributed by atoms with Crippen LogP contribution in [-0.4, -0.2) is 11.0 Å². The van der Waals surface area contributed by atoms with Crippen molar-refractivity contribution in [1.29, 1.82) is 0 Å². The highest BCUT2D eigenvalue weighted by molar-refractivity contribution is 5.81. The molecule has 1 amide bonds. The molecule has 3 heteroatoms. The summed E-state index contributed by atoms with van der Waals surface area (Å²) in [7, 11) is 0. The lowest BCUT2D eigenvalue weighted by Gasteiger charge is -1.86. The molecule has 0 radical (unpaired) electrons. The summed E-state index contributed by atoms with van der Waals surface area (Å²) in [5.41, 5.74) is 0. The number of nitrogens with one attached hydrogen (secondary N) is 1. The number of aliphatic hydroxyl groups excluding tert-OH is 1.